The van der Waals surface area contributed by atoms with Crippen LogP contribution in [-0.2, 0) is 4.79 Å². The van der Waals surface area contributed by atoms with Crippen molar-refractivity contribution in [2.75, 3.05) is 0 Å². The molecule has 0 aliphatic rings. The molecule has 0 amide bonds. The Kier molecular flexibility index (Phi) is 9.52. The molecule has 0 aromatic heterocycles. The van der Waals surface area contributed by atoms with Crippen LogP contribution in [0.2, 0.25) is 0 Å². The van der Waals surface area contributed by atoms with E-state index in [-0.39, 0.29) is 49.4 Å². The van der Waals surface area contributed by atoms with Gasteiger partial charge in [0.15, 0.2) is 0 Å². The standard InChI is InChI=1S/C3H5IO2.Sr.2H/c1-2(4)3(5)6;;;/h2H,1H3,(H,5,6);;;. The molecule has 0 bridgehead atoms. The minimum atomic E-state index is -0.754. The van der Waals surface area contributed by atoms with Gasteiger partial charge >= 0.3 is 51.5 Å². The molecule has 0 radical (unpaired) electrons. The second kappa shape index (κ2) is 5.81. The predicted molar refractivity (Wildman–Crippen MR) is 39.7 cm³/mol. The Hall–Kier alpha value is 1.68. The predicted octanol–water partition coefficient (Wildman–Crippen LogP) is -0.0217. The quantitative estimate of drug-likeness (QED) is 0.418. The molecule has 0 spiro atoms. The van der Waals surface area contributed by atoms with Crippen LogP contribution in [0.3, 0.4) is 0 Å². The molecule has 0 aromatic rings. The van der Waals surface area contributed by atoms with Gasteiger partial charge in [-0.05, 0) is 6.92 Å². The van der Waals surface area contributed by atoms with E-state index < -0.39 is 5.97 Å². The summed E-state index contributed by atoms with van der Waals surface area (Å²) < 4.78 is -0.261. The average molecular weight is 290 g/mol. The van der Waals surface area contributed by atoms with Crippen molar-refractivity contribution in [2.45, 2.75) is 10.8 Å². The van der Waals surface area contributed by atoms with Crippen LogP contribution in [0, 0.1) is 0 Å². The Morgan fingerprint density at radius 3 is 2.00 bits per heavy atom. The Labute approximate surface area is 93.1 Å². The fourth-order valence-electron chi connectivity index (χ4n) is 0. The average Bonchev–Trinajstić information content (AvgIpc) is 1.36. The second-order valence-corrected chi connectivity index (χ2v) is 2.82. The van der Waals surface area contributed by atoms with Gasteiger partial charge in [0.2, 0.25) is 0 Å². The van der Waals surface area contributed by atoms with E-state index in [9.17, 15) is 4.79 Å². The molecule has 0 aliphatic heterocycles. The Bertz CT molecular complexity index is 64.0. The van der Waals surface area contributed by atoms with Gasteiger partial charge in [-0.1, -0.05) is 22.6 Å². The summed E-state index contributed by atoms with van der Waals surface area (Å²) in [5.41, 5.74) is 0. The van der Waals surface area contributed by atoms with Crippen LogP contribution < -0.4 is 0 Å². The van der Waals surface area contributed by atoms with Gasteiger partial charge in [0.05, 0.1) is 0 Å². The first-order valence-corrected chi connectivity index (χ1v) is 2.76. The van der Waals surface area contributed by atoms with Crippen LogP contribution in [0.1, 0.15) is 6.92 Å². The van der Waals surface area contributed by atoms with Gasteiger partial charge in [-0.2, -0.15) is 0 Å². The van der Waals surface area contributed by atoms with Crippen LogP contribution in [-0.4, -0.2) is 60.5 Å². The topological polar surface area (TPSA) is 37.3 Å². The van der Waals surface area contributed by atoms with Crippen LogP contribution in [0.5, 0.6) is 0 Å². The molecular weight excluding hydrogens is 283 g/mol. The third-order valence-corrected chi connectivity index (χ3v) is 0.873. The molecule has 0 heterocycles. The molecule has 40 valence electrons. The summed E-state index contributed by atoms with van der Waals surface area (Å²) in [6, 6.07) is 0. The number of hydrogen-bond acceptors (Lipinski definition) is 1. The molecule has 0 rings (SSSR count). The third-order valence-electron chi connectivity index (χ3n) is 0.340. The van der Waals surface area contributed by atoms with Crippen LogP contribution in [0.4, 0.5) is 0 Å². The molecule has 0 saturated carbocycles. The van der Waals surface area contributed by atoms with Crippen molar-refractivity contribution in [2.24, 2.45) is 0 Å². The summed E-state index contributed by atoms with van der Waals surface area (Å²) >= 11 is 1.83. The van der Waals surface area contributed by atoms with Gasteiger partial charge in [-0.25, -0.2) is 0 Å². The van der Waals surface area contributed by atoms with E-state index in [2.05, 4.69) is 0 Å². The molecule has 4 heteroatoms. The van der Waals surface area contributed by atoms with E-state index >= 15 is 0 Å². The zero-order valence-electron chi connectivity index (χ0n) is 3.31. The van der Waals surface area contributed by atoms with E-state index in [1.165, 1.54) is 0 Å². The van der Waals surface area contributed by atoms with Gasteiger partial charge in [0.1, 0.15) is 3.92 Å². The summed E-state index contributed by atoms with van der Waals surface area (Å²) in [6.45, 7) is 1.63. The number of alkyl halides is 1. The maximum absolute atomic E-state index is 9.69. The SMILES string of the molecule is CC(I)C(=O)O.[SrH2]. The molecule has 0 fully saturated rings. The first-order valence-electron chi connectivity index (χ1n) is 1.51. The summed E-state index contributed by atoms with van der Waals surface area (Å²) in [5.74, 6) is -0.754. The van der Waals surface area contributed by atoms with Crippen LogP contribution >= 0.6 is 22.6 Å². The van der Waals surface area contributed by atoms with E-state index in [1.54, 1.807) is 6.92 Å². The monoisotopic (exact) mass is 290 g/mol. The van der Waals surface area contributed by atoms with E-state index in [1.807, 2.05) is 22.6 Å². The van der Waals surface area contributed by atoms with Crippen molar-refractivity contribution in [3.63, 3.8) is 0 Å². The third kappa shape index (κ3) is 7.68. The molecular formula is C3H7IO2Sr. The number of carbonyl (C=O) groups is 1. The normalized spacial score (nSPS) is 11.7. The first kappa shape index (κ1) is 11.5. The number of halogens is 1. The maximum atomic E-state index is 9.69. The Balaban J connectivity index is 0. The fourth-order valence-corrected chi connectivity index (χ4v) is 0. The van der Waals surface area contributed by atoms with E-state index in [4.69, 9.17) is 5.11 Å². The fraction of sp³-hybridized carbons (Fsp3) is 0.667. The molecule has 0 aromatic carbocycles. The summed E-state index contributed by atoms with van der Waals surface area (Å²) in [7, 11) is 0. The van der Waals surface area contributed by atoms with Crippen LogP contribution in [0.25, 0.3) is 0 Å². The summed E-state index contributed by atoms with van der Waals surface area (Å²) in [4.78, 5) is 9.69. The van der Waals surface area contributed by atoms with Crippen LogP contribution in [0.15, 0.2) is 0 Å². The minimum absolute atomic E-state index is 0. The van der Waals surface area contributed by atoms with E-state index in [0.29, 0.717) is 0 Å². The van der Waals surface area contributed by atoms with Crippen molar-refractivity contribution in [3.05, 3.63) is 0 Å². The van der Waals surface area contributed by atoms with Crippen molar-refractivity contribution in [3.8, 4) is 0 Å². The summed E-state index contributed by atoms with van der Waals surface area (Å²) in [5, 5.41) is 7.98. The van der Waals surface area contributed by atoms with Gasteiger partial charge in [-0.3, -0.25) is 4.79 Å². The molecule has 1 N–H and O–H groups in total. The second-order valence-electron chi connectivity index (χ2n) is 0.954. The molecule has 1 atom stereocenters. The molecule has 2 nitrogen and oxygen atoms in total. The van der Waals surface area contributed by atoms with Crippen molar-refractivity contribution in [1.82, 2.24) is 0 Å². The zero-order chi connectivity index (χ0) is 5.15. The molecule has 0 aliphatic carbocycles. The number of carboxylic acid groups (broad SMARTS) is 1. The number of carboxylic acids is 1. The van der Waals surface area contributed by atoms with Gasteiger partial charge < -0.3 is 5.11 Å². The van der Waals surface area contributed by atoms with Gasteiger partial charge in [0, 0.05) is 0 Å². The number of rotatable bonds is 1. The Morgan fingerprint density at radius 2 is 2.00 bits per heavy atom. The molecule has 1 unspecified atom stereocenters. The van der Waals surface area contributed by atoms with Crippen molar-refractivity contribution < 1.29 is 9.90 Å². The zero-order valence-corrected chi connectivity index (χ0v) is 5.47. The van der Waals surface area contributed by atoms with E-state index in [0.717, 1.165) is 0 Å². The molecule has 7 heavy (non-hydrogen) atoms. The van der Waals surface area contributed by atoms with Gasteiger partial charge in [0.25, 0.3) is 0 Å². The first-order chi connectivity index (χ1) is 2.64. The summed E-state index contributed by atoms with van der Waals surface area (Å²) in [6.07, 6.45) is 0. The van der Waals surface area contributed by atoms with Crippen molar-refractivity contribution >= 4 is 74.0 Å². The van der Waals surface area contributed by atoms with Crippen molar-refractivity contribution in [1.29, 1.82) is 0 Å². The Morgan fingerprint density at radius 1 is 1.86 bits per heavy atom. The van der Waals surface area contributed by atoms with Gasteiger partial charge in [-0.15, -0.1) is 0 Å². The number of hydrogen-bond donors (Lipinski definition) is 1. The number of aliphatic carboxylic acids is 1. The molecule has 0 saturated heterocycles.